The van der Waals surface area contributed by atoms with Gasteiger partial charge in [0.05, 0.1) is 13.2 Å². The van der Waals surface area contributed by atoms with E-state index >= 15 is 0 Å². The Hall–Kier alpha value is -0.820. The van der Waals surface area contributed by atoms with E-state index in [1.807, 2.05) is 5.38 Å². The van der Waals surface area contributed by atoms with Crippen molar-refractivity contribution in [1.29, 1.82) is 0 Å². The van der Waals surface area contributed by atoms with Crippen molar-refractivity contribution in [3.05, 3.63) is 21.9 Å². The summed E-state index contributed by atoms with van der Waals surface area (Å²) in [5.41, 5.74) is 1.03. The average molecular weight is 236 g/mol. The summed E-state index contributed by atoms with van der Waals surface area (Å²) in [6.07, 6.45) is 3.22. The zero-order valence-electron chi connectivity index (χ0n) is 9.24. The molecule has 1 N–H and O–H groups in total. The Morgan fingerprint density at radius 1 is 1.50 bits per heavy atom. The lowest BCUT2D eigenvalue weighted by Gasteiger charge is -1.98. The first kappa shape index (κ1) is 11.7. The zero-order chi connectivity index (χ0) is 11.2. The Kier molecular flexibility index (Phi) is 4.41. The topological polar surface area (TPSA) is 29.5 Å². The molecule has 0 atom stereocenters. The minimum Gasteiger partial charge on any atom is -0.395 e. The lowest BCUT2D eigenvalue weighted by molar-refractivity contribution is 0.113. The summed E-state index contributed by atoms with van der Waals surface area (Å²) < 4.78 is 5.60. The van der Waals surface area contributed by atoms with Crippen LogP contribution in [-0.2, 0) is 11.3 Å². The molecule has 0 saturated heterocycles. The minimum absolute atomic E-state index is 0.133. The van der Waals surface area contributed by atoms with E-state index in [1.165, 1.54) is 17.7 Å². The molecular formula is C13H16O2S. The first-order valence-electron chi connectivity index (χ1n) is 5.63. The lowest BCUT2D eigenvalue weighted by atomic mass is 10.3. The summed E-state index contributed by atoms with van der Waals surface area (Å²) in [6, 6.07) is 2.07. The van der Waals surface area contributed by atoms with Crippen LogP contribution >= 0.6 is 11.3 Å². The van der Waals surface area contributed by atoms with Crippen molar-refractivity contribution in [2.75, 3.05) is 13.2 Å². The molecule has 1 aromatic rings. The van der Waals surface area contributed by atoms with Gasteiger partial charge in [0.15, 0.2) is 0 Å². The van der Waals surface area contributed by atoms with Gasteiger partial charge in [-0.3, -0.25) is 0 Å². The van der Waals surface area contributed by atoms with Crippen LogP contribution in [0.2, 0.25) is 0 Å². The van der Waals surface area contributed by atoms with Gasteiger partial charge < -0.3 is 9.84 Å². The normalized spacial score (nSPS) is 14.6. The Labute approximate surface area is 100 Å². The molecule has 0 radical (unpaired) electrons. The van der Waals surface area contributed by atoms with E-state index in [9.17, 15) is 0 Å². The molecule has 1 aromatic heterocycles. The average Bonchev–Trinajstić information content (AvgIpc) is 2.99. The molecule has 3 heteroatoms. The highest BCUT2D eigenvalue weighted by molar-refractivity contribution is 7.10. The van der Waals surface area contributed by atoms with E-state index in [2.05, 4.69) is 17.9 Å². The van der Waals surface area contributed by atoms with Gasteiger partial charge in [0.1, 0.15) is 0 Å². The molecule has 0 aromatic carbocycles. The number of aliphatic hydroxyl groups is 1. The summed E-state index contributed by atoms with van der Waals surface area (Å²) in [5.74, 6) is 6.76. The molecule has 1 aliphatic rings. The van der Waals surface area contributed by atoms with E-state index in [0.29, 0.717) is 13.0 Å². The molecule has 1 saturated carbocycles. The predicted octanol–water partition coefficient (Wildman–Crippen LogP) is 2.41. The van der Waals surface area contributed by atoms with Crippen LogP contribution in [0.4, 0.5) is 0 Å². The van der Waals surface area contributed by atoms with Gasteiger partial charge in [0.2, 0.25) is 0 Å². The molecule has 16 heavy (non-hydrogen) atoms. The number of hydrogen-bond donors (Lipinski definition) is 1. The fourth-order valence-electron chi connectivity index (χ4n) is 1.35. The highest BCUT2D eigenvalue weighted by Gasteiger charge is 2.21. The molecule has 0 unspecified atom stereocenters. The van der Waals surface area contributed by atoms with Crippen molar-refractivity contribution in [3.8, 4) is 11.8 Å². The van der Waals surface area contributed by atoms with Crippen molar-refractivity contribution < 1.29 is 9.84 Å². The first-order chi connectivity index (χ1) is 7.88. The van der Waals surface area contributed by atoms with E-state index in [0.717, 1.165) is 18.1 Å². The zero-order valence-corrected chi connectivity index (χ0v) is 10.1. The molecule has 0 aliphatic heterocycles. The van der Waals surface area contributed by atoms with Crippen LogP contribution in [0.3, 0.4) is 0 Å². The number of rotatable bonds is 5. The van der Waals surface area contributed by atoms with Gasteiger partial charge in [-0.25, -0.2) is 0 Å². The molecule has 1 aliphatic carbocycles. The highest BCUT2D eigenvalue weighted by atomic mass is 32.1. The van der Waals surface area contributed by atoms with E-state index in [1.54, 1.807) is 11.3 Å². The standard InChI is InChI=1S/C13H16O2S/c14-6-2-1-3-12-7-13(16-10-12)9-15-8-11-4-5-11/h7,10-11,14H,2,4-6,8-9H2. The number of hydrogen-bond acceptors (Lipinski definition) is 3. The van der Waals surface area contributed by atoms with Crippen LogP contribution in [-0.4, -0.2) is 18.3 Å². The quantitative estimate of drug-likeness (QED) is 0.796. The highest BCUT2D eigenvalue weighted by Crippen LogP contribution is 2.29. The smallest absolute Gasteiger partial charge is 0.0809 e. The van der Waals surface area contributed by atoms with Gasteiger partial charge in [0.25, 0.3) is 0 Å². The molecule has 1 fully saturated rings. The Morgan fingerprint density at radius 3 is 3.12 bits per heavy atom. The fraction of sp³-hybridized carbons (Fsp3) is 0.538. The minimum atomic E-state index is 0.133. The summed E-state index contributed by atoms with van der Waals surface area (Å²) in [4.78, 5) is 1.23. The van der Waals surface area contributed by atoms with Crippen molar-refractivity contribution >= 4 is 11.3 Å². The lowest BCUT2D eigenvalue weighted by Crippen LogP contribution is -1.94. The van der Waals surface area contributed by atoms with Gasteiger partial charge in [-0.1, -0.05) is 11.8 Å². The van der Waals surface area contributed by atoms with Crippen molar-refractivity contribution in [1.82, 2.24) is 0 Å². The third kappa shape index (κ3) is 3.97. The summed E-state index contributed by atoms with van der Waals surface area (Å²) in [6.45, 7) is 1.75. The predicted molar refractivity (Wildman–Crippen MR) is 65.3 cm³/mol. The monoisotopic (exact) mass is 236 g/mol. The van der Waals surface area contributed by atoms with Crippen LogP contribution in [0.25, 0.3) is 0 Å². The largest absolute Gasteiger partial charge is 0.395 e. The molecule has 0 amide bonds. The molecule has 86 valence electrons. The number of ether oxygens (including phenoxy) is 1. The van der Waals surface area contributed by atoms with E-state index < -0.39 is 0 Å². The Morgan fingerprint density at radius 2 is 2.38 bits per heavy atom. The second kappa shape index (κ2) is 6.05. The van der Waals surface area contributed by atoms with Crippen LogP contribution in [0, 0.1) is 17.8 Å². The maximum atomic E-state index is 8.60. The van der Waals surface area contributed by atoms with E-state index in [-0.39, 0.29) is 6.61 Å². The van der Waals surface area contributed by atoms with Crippen molar-refractivity contribution in [2.24, 2.45) is 5.92 Å². The fourth-order valence-corrected chi connectivity index (χ4v) is 2.10. The summed E-state index contributed by atoms with van der Waals surface area (Å²) >= 11 is 1.69. The first-order valence-corrected chi connectivity index (χ1v) is 6.51. The van der Waals surface area contributed by atoms with Gasteiger partial charge in [-0.15, -0.1) is 11.3 Å². The second-order valence-corrected chi connectivity index (χ2v) is 5.03. The van der Waals surface area contributed by atoms with Gasteiger partial charge in [-0.2, -0.15) is 0 Å². The SMILES string of the molecule is OCCC#Cc1csc(COCC2CC2)c1. The van der Waals surface area contributed by atoms with Crippen molar-refractivity contribution in [3.63, 3.8) is 0 Å². The molecule has 0 spiro atoms. The number of thiophene rings is 1. The molecule has 1 heterocycles. The van der Waals surface area contributed by atoms with Crippen LogP contribution in [0.1, 0.15) is 29.7 Å². The van der Waals surface area contributed by atoms with Gasteiger partial charge in [0, 0.05) is 28.8 Å². The number of aliphatic hydroxyl groups excluding tert-OH is 1. The van der Waals surface area contributed by atoms with Crippen molar-refractivity contribution in [2.45, 2.75) is 25.9 Å². The third-order valence-electron chi connectivity index (χ3n) is 2.42. The molecule has 0 bridgehead atoms. The molecule has 2 rings (SSSR count). The molecule has 2 nitrogen and oxygen atoms in total. The maximum absolute atomic E-state index is 8.60. The van der Waals surface area contributed by atoms with Crippen LogP contribution in [0.5, 0.6) is 0 Å². The maximum Gasteiger partial charge on any atom is 0.0809 e. The summed E-state index contributed by atoms with van der Waals surface area (Å²) in [7, 11) is 0. The van der Waals surface area contributed by atoms with Gasteiger partial charge in [-0.05, 0) is 24.8 Å². The third-order valence-corrected chi connectivity index (χ3v) is 3.33. The van der Waals surface area contributed by atoms with Gasteiger partial charge >= 0.3 is 0 Å². The second-order valence-electron chi connectivity index (χ2n) is 4.04. The Balaban J connectivity index is 1.75. The van der Waals surface area contributed by atoms with Crippen LogP contribution in [0.15, 0.2) is 11.4 Å². The Bertz CT molecular complexity index is 382. The van der Waals surface area contributed by atoms with Crippen LogP contribution < -0.4 is 0 Å². The van der Waals surface area contributed by atoms with E-state index in [4.69, 9.17) is 9.84 Å². The molecular weight excluding hydrogens is 220 g/mol. The summed E-state index contributed by atoms with van der Waals surface area (Å²) in [5, 5.41) is 10.6.